The fourth-order valence-electron chi connectivity index (χ4n) is 3.17. The minimum Gasteiger partial charge on any atom is -0.490 e. The van der Waals surface area contributed by atoms with Crippen LogP contribution < -0.4 is 19.5 Å². The molecule has 6 nitrogen and oxygen atoms in total. The number of carbonyl (C=O) groups excluding carboxylic acids is 1. The second-order valence-corrected chi connectivity index (χ2v) is 8.03. The van der Waals surface area contributed by atoms with Gasteiger partial charge in [-0.2, -0.15) is 0 Å². The van der Waals surface area contributed by atoms with Crippen molar-refractivity contribution >= 4 is 32.6 Å². The largest absolute Gasteiger partial charge is 0.490 e. The van der Waals surface area contributed by atoms with E-state index in [1.807, 2.05) is 62.4 Å². The molecule has 1 aromatic heterocycles. The monoisotopic (exact) mass is 448 g/mol. The minimum atomic E-state index is -0.248. The summed E-state index contributed by atoms with van der Waals surface area (Å²) < 4.78 is 18.2. The van der Waals surface area contributed by atoms with Crippen molar-refractivity contribution in [1.82, 2.24) is 4.98 Å². The van der Waals surface area contributed by atoms with Crippen LogP contribution in [0.2, 0.25) is 0 Å². The number of aryl methyl sites for hydroxylation is 1. The Morgan fingerprint density at radius 2 is 1.75 bits per heavy atom. The lowest BCUT2D eigenvalue weighted by atomic mass is 10.2. The van der Waals surface area contributed by atoms with Crippen LogP contribution in [-0.2, 0) is 0 Å². The summed E-state index contributed by atoms with van der Waals surface area (Å²) in [5.41, 5.74) is 2.46. The van der Waals surface area contributed by atoms with Gasteiger partial charge in [-0.1, -0.05) is 41.7 Å². The molecule has 32 heavy (non-hydrogen) atoms. The van der Waals surface area contributed by atoms with Crippen LogP contribution in [0.4, 0.5) is 5.13 Å². The maximum Gasteiger partial charge on any atom is 0.257 e. The molecule has 164 valence electrons. The van der Waals surface area contributed by atoms with Crippen molar-refractivity contribution in [3.05, 3.63) is 77.9 Å². The Morgan fingerprint density at radius 1 is 0.938 bits per heavy atom. The molecule has 1 heterocycles. The van der Waals surface area contributed by atoms with Crippen molar-refractivity contribution in [3.8, 4) is 17.2 Å². The number of anilines is 1. The quantitative estimate of drug-likeness (QED) is 0.332. The number of amides is 1. The van der Waals surface area contributed by atoms with Crippen LogP contribution >= 0.6 is 11.3 Å². The van der Waals surface area contributed by atoms with E-state index in [-0.39, 0.29) is 5.91 Å². The van der Waals surface area contributed by atoms with E-state index >= 15 is 0 Å². The summed E-state index contributed by atoms with van der Waals surface area (Å²) in [4.78, 5) is 17.3. The first-order valence-corrected chi connectivity index (χ1v) is 11.2. The third kappa shape index (κ3) is 5.18. The number of nitrogens with one attached hydrogen (secondary N) is 1. The number of fused-ring (bicyclic) bond motifs is 1. The minimum absolute atomic E-state index is 0.248. The molecule has 0 saturated carbocycles. The third-order valence-corrected chi connectivity index (χ3v) is 5.64. The van der Waals surface area contributed by atoms with Crippen molar-refractivity contribution in [1.29, 1.82) is 0 Å². The van der Waals surface area contributed by atoms with Gasteiger partial charge in [0.15, 0.2) is 16.6 Å². The third-order valence-electron chi connectivity index (χ3n) is 4.70. The van der Waals surface area contributed by atoms with Gasteiger partial charge >= 0.3 is 0 Å². The number of hydrogen-bond acceptors (Lipinski definition) is 6. The van der Waals surface area contributed by atoms with Crippen molar-refractivity contribution < 1.29 is 19.0 Å². The fraction of sp³-hybridized carbons (Fsp3) is 0.200. The lowest BCUT2D eigenvalue weighted by molar-refractivity contribution is 0.102. The molecule has 1 amide bonds. The maximum atomic E-state index is 12.8. The predicted molar refractivity (Wildman–Crippen MR) is 127 cm³/mol. The Labute approximate surface area is 190 Å². The molecule has 0 saturated heterocycles. The first-order chi connectivity index (χ1) is 15.6. The van der Waals surface area contributed by atoms with E-state index in [0.717, 1.165) is 21.5 Å². The molecule has 0 spiro atoms. The Morgan fingerprint density at radius 3 is 2.53 bits per heavy atom. The van der Waals surface area contributed by atoms with E-state index in [0.29, 0.717) is 42.0 Å². The molecule has 4 rings (SSSR count). The summed E-state index contributed by atoms with van der Waals surface area (Å²) in [6.45, 7) is 5.10. The van der Waals surface area contributed by atoms with Gasteiger partial charge in [-0.3, -0.25) is 10.1 Å². The van der Waals surface area contributed by atoms with Gasteiger partial charge in [0.2, 0.25) is 0 Å². The fourth-order valence-corrected chi connectivity index (χ4v) is 4.11. The summed E-state index contributed by atoms with van der Waals surface area (Å²) in [5.74, 6) is 1.62. The Hall–Kier alpha value is -3.58. The van der Waals surface area contributed by atoms with Crippen LogP contribution in [0.1, 0.15) is 22.8 Å². The molecule has 7 heteroatoms. The van der Waals surface area contributed by atoms with Crippen molar-refractivity contribution in [2.24, 2.45) is 0 Å². The molecule has 0 aliphatic heterocycles. The zero-order valence-corrected chi connectivity index (χ0v) is 18.8. The van der Waals surface area contributed by atoms with Gasteiger partial charge in [0.1, 0.15) is 19.0 Å². The van der Waals surface area contributed by atoms with Crippen LogP contribution in [0.5, 0.6) is 17.2 Å². The number of benzene rings is 3. The van der Waals surface area contributed by atoms with Gasteiger partial charge in [-0.15, -0.1) is 0 Å². The number of carbonyl (C=O) groups is 1. The molecule has 0 aliphatic carbocycles. The molecule has 0 radical (unpaired) electrons. The molecular weight excluding hydrogens is 424 g/mol. The van der Waals surface area contributed by atoms with E-state index in [1.165, 1.54) is 11.3 Å². The zero-order valence-electron chi connectivity index (χ0n) is 18.0. The number of para-hydroxylation sites is 2. The van der Waals surface area contributed by atoms with E-state index in [9.17, 15) is 4.79 Å². The smallest absolute Gasteiger partial charge is 0.257 e. The summed E-state index contributed by atoms with van der Waals surface area (Å²) in [7, 11) is 0. The van der Waals surface area contributed by atoms with E-state index < -0.39 is 0 Å². The number of ether oxygens (including phenoxy) is 3. The van der Waals surface area contributed by atoms with Crippen molar-refractivity contribution in [2.45, 2.75) is 13.8 Å². The average molecular weight is 449 g/mol. The lowest BCUT2D eigenvalue weighted by Crippen LogP contribution is -2.13. The first kappa shape index (κ1) is 21.6. The normalized spacial score (nSPS) is 10.7. The summed E-state index contributed by atoms with van der Waals surface area (Å²) in [6, 6.07) is 20.7. The second kappa shape index (κ2) is 10.2. The van der Waals surface area contributed by atoms with Crippen LogP contribution in [0.15, 0.2) is 66.7 Å². The number of nitrogens with zero attached hydrogens (tertiary/aromatic N) is 1. The summed E-state index contributed by atoms with van der Waals surface area (Å²) in [6.07, 6.45) is 0. The second-order valence-electron chi connectivity index (χ2n) is 7.00. The van der Waals surface area contributed by atoms with Gasteiger partial charge in [0, 0.05) is 5.56 Å². The highest BCUT2D eigenvalue weighted by Crippen LogP contribution is 2.31. The highest BCUT2D eigenvalue weighted by atomic mass is 32.1. The Bertz CT molecular complexity index is 1210. The Balaban J connectivity index is 1.41. The first-order valence-electron chi connectivity index (χ1n) is 10.4. The van der Waals surface area contributed by atoms with Crippen LogP contribution in [-0.4, -0.2) is 30.7 Å². The van der Waals surface area contributed by atoms with Crippen LogP contribution in [0.25, 0.3) is 10.2 Å². The molecule has 0 fully saturated rings. The highest BCUT2D eigenvalue weighted by Gasteiger charge is 2.14. The summed E-state index contributed by atoms with van der Waals surface area (Å²) in [5, 5.41) is 3.45. The molecule has 0 atom stereocenters. The average Bonchev–Trinajstić information content (AvgIpc) is 3.22. The number of hydrogen-bond donors (Lipinski definition) is 1. The number of rotatable bonds is 9. The van der Waals surface area contributed by atoms with Gasteiger partial charge in [-0.25, -0.2) is 4.98 Å². The van der Waals surface area contributed by atoms with Crippen LogP contribution in [0.3, 0.4) is 0 Å². The van der Waals surface area contributed by atoms with Gasteiger partial charge in [0.05, 0.1) is 16.8 Å². The number of thiazole rings is 1. The molecule has 4 aromatic rings. The van der Waals surface area contributed by atoms with E-state index in [4.69, 9.17) is 14.2 Å². The molecular formula is C25H24N2O4S. The van der Waals surface area contributed by atoms with E-state index in [1.54, 1.807) is 18.2 Å². The highest BCUT2D eigenvalue weighted by molar-refractivity contribution is 7.22. The maximum absolute atomic E-state index is 12.8. The molecule has 3 aromatic carbocycles. The van der Waals surface area contributed by atoms with Crippen molar-refractivity contribution in [3.63, 3.8) is 0 Å². The predicted octanol–water partition coefficient (Wildman–Crippen LogP) is 5.71. The number of aromatic nitrogens is 1. The van der Waals surface area contributed by atoms with Gasteiger partial charge in [-0.05, 0) is 55.8 Å². The zero-order chi connectivity index (χ0) is 22.3. The molecule has 0 aliphatic rings. The topological polar surface area (TPSA) is 69.7 Å². The van der Waals surface area contributed by atoms with E-state index in [2.05, 4.69) is 10.3 Å². The molecule has 0 bridgehead atoms. The molecule has 0 unspecified atom stereocenters. The van der Waals surface area contributed by atoms with Gasteiger partial charge in [0.25, 0.3) is 5.91 Å². The Kier molecular flexibility index (Phi) is 6.87. The SMILES string of the molecule is CCOc1cc(C(=O)Nc2nc3c(C)cccc3s2)ccc1OCCOc1ccccc1. The van der Waals surface area contributed by atoms with Crippen molar-refractivity contribution in [2.75, 3.05) is 25.1 Å². The molecule has 1 N–H and O–H groups in total. The standard InChI is InChI=1S/C25H24N2O4S/c1-3-29-21-16-18(12-13-20(21)31-15-14-30-19-9-5-4-6-10-19)24(28)27-25-26-23-17(2)8-7-11-22(23)32-25/h4-13,16H,3,14-15H2,1-2H3,(H,26,27,28). The van der Waals surface area contributed by atoms with Crippen LogP contribution in [0, 0.1) is 6.92 Å². The van der Waals surface area contributed by atoms with Gasteiger partial charge < -0.3 is 14.2 Å². The summed E-state index contributed by atoms with van der Waals surface area (Å²) >= 11 is 1.45. The lowest BCUT2D eigenvalue weighted by Gasteiger charge is -2.13.